The summed E-state index contributed by atoms with van der Waals surface area (Å²) < 4.78 is 7.65. The van der Waals surface area contributed by atoms with Crippen LogP contribution in [0, 0.1) is 0 Å². The lowest BCUT2D eigenvalue weighted by Gasteiger charge is -2.09. The van der Waals surface area contributed by atoms with Gasteiger partial charge in [-0.05, 0) is 53.6 Å². The Balaban J connectivity index is 1.38. The van der Waals surface area contributed by atoms with Crippen LogP contribution in [0.2, 0.25) is 0 Å². The molecule has 5 aromatic rings. The maximum absolute atomic E-state index is 12.5. The summed E-state index contributed by atoms with van der Waals surface area (Å²) in [4.78, 5) is 12.5. The van der Waals surface area contributed by atoms with Crippen LogP contribution in [0.4, 0.5) is 0 Å². The molecule has 1 amide bonds. The molecule has 34 heavy (non-hydrogen) atoms. The lowest BCUT2D eigenvalue weighted by molar-refractivity contribution is 0.0955. The van der Waals surface area contributed by atoms with E-state index in [4.69, 9.17) is 4.74 Å². The van der Waals surface area contributed by atoms with Crippen molar-refractivity contribution in [1.82, 2.24) is 9.99 Å². The summed E-state index contributed by atoms with van der Waals surface area (Å²) in [6, 6.07) is 30.1. The molecule has 0 aliphatic carbocycles. The van der Waals surface area contributed by atoms with Crippen LogP contribution in [0.1, 0.15) is 28.4 Å². The maximum Gasteiger partial charge on any atom is 0.271 e. The number of amides is 1. The summed E-state index contributed by atoms with van der Waals surface area (Å²) in [6.07, 6.45) is 3.79. The number of rotatable bonds is 7. The zero-order chi connectivity index (χ0) is 23.3. The van der Waals surface area contributed by atoms with Crippen molar-refractivity contribution in [1.29, 1.82) is 0 Å². The van der Waals surface area contributed by atoms with Crippen LogP contribution in [0.5, 0.6) is 5.75 Å². The monoisotopic (exact) mass is 447 g/mol. The Morgan fingerprint density at radius 2 is 1.65 bits per heavy atom. The van der Waals surface area contributed by atoms with Crippen LogP contribution < -0.4 is 10.2 Å². The van der Waals surface area contributed by atoms with Gasteiger partial charge in [0.1, 0.15) is 5.75 Å². The molecule has 0 spiro atoms. The van der Waals surface area contributed by atoms with Gasteiger partial charge in [-0.3, -0.25) is 4.79 Å². The second kappa shape index (κ2) is 9.63. The molecule has 5 nitrogen and oxygen atoms in total. The molecule has 5 rings (SSSR count). The van der Waals surface area contributed by atoms with E-state index in [2.05, 4.69) is 75.9 Å². The maximum atomic E-state index is 12.5. The minimum atomic E-state index is -0.265. The van der Waals surface area contributed by atoms with E-state index in [1.165, 1.54) is 16.3 Å². The fourth-order valence-electron chi connectivity index (χ4n) is 4.22. The number of carbonyl (C=O) groups excluding carboxylic acids is 1. The van der Waals surface area contributed by atoms with Gasteiger partial charge in [0.05, 0.1) is 12.8 Å². The first-order valence-corrected chi connectivity index (χ1v) is 11.3. The van der Waals surface area contributed by atoms with Crippen molar-refractivity contribution < 1.29 is 9.53 Å². The van der Waals surface area contributed by atoms with Crippen LogP contribution in [-0.4, -0.2) is 23.3 Å². The highest BCUT2D eigenvalue weighted by atomic mass is 16.5. The normalized spacial score (nSPS) is 11.3. The van der Waals surface area contributed by atoms with Crippen LogP contribution >= 0.6 is 0 Å². The molecular weight excluding hydrogens is 422 g/mol. The van der Waals surface area contributed by atoms with Gasteiger partial charge in [0.15, 0.2) is 0 Å². The Hall–Kier alpha value is -4.38. The number of aromatic nitrogens is 1. The van der Waals surface area contributed by atoms with Gasteiger partial charge < -0.3 is 9.30 Å². The molecule has 0 unspecified atom stereocenters. The van der Waals surface area contributed by atoms with Gasteiger partial charge in [0.25, 0.3) is 5.91 Å². The van der Waals surface area contributed by atoms with Crippen LogP contribution in [0.3, 0.4) is 0 Å². The van der Waals surface area contributed by atoms with Crippen molar-refractivity contribution >= 4 is 33.8 Å². The van der Waals surface area contributed by atoms with E-state index in [1.807, 2.05) is 19.1 Å². The Morgan fingerprint density at radius 3 is 2.47 bits per heavy atom. The SMILES string of the molecule is CCOc1ccc(C(=O)N/N=C/c2cn(Cc3cccc4ccccc34)c3ccccc23)cc1. The lowest BCUT2D eigenvalue weighted by Crippen LogP contribution is -2.17. The number of para-hydroxylation sites is 1. The van der Waals surface area contributed by atoms with Gasteiger partial charge in [-0.25, -0.2) is 5.43 Å². The average molecular weight is 448 g/mol. The van der Waals surface area contributed by atoms with Gasteiger partial charge >= 0.3 is 0 Å². The fourth-order valence-corrected chi connectivity index (χ4v) is 4.22. The van der Waals surface area contributed by atoms with Gasteiger partial charge in [0.2, 0.25) is 0 Å². The van der Waals surface area contributed by atoms with Crippen molar-refractivity contribution in [2.45, 2.75) is 13.5 Å². The second-order valence-corrected chi connectivity index (χ2v) is 8.02. The molecule has 0 fully saturated rings. The third kappa shape index (κ3) is 4.41. The third-order valence-electron chi connectivity index (χ3n) is 5.84. The van der Waals surface area contributed by atoms with E-state index in [9.17, 15) is 4.79 Å². The molecule has 0 bridgehead atoms. The number of hydrogen-bond donors (Lipinski definition) is 1. The molecule has 0 atom stereocenters. The van der Waals surface area contributed by atoms with Gasteiger partial charge in [-0.15, -0.1) is 0 Å². The van der Waals surface area contributed by atoms with Gasteiger partial charge in [0, 0.05) is 34.8 Å². The average Bonchev–Trinajstić information content (AvgIpc) is 3.22. The largest absolute Gasteiger partial charge is 0.494 e. The molecule has 0 aliphatic rings. The van der Waals surface area contributed by atoms with Crippen LogP contribution in [-0.2, 0) is 6.54 Å². The number of ether oxygens (including phenoxy) is 1. The standard InChI is InChI=1S/C29H25N3O2/c1-2-34-25-16-14-22(15-17-25)29(33)31-30-18-24-20-32(28-13-6-5-12-27(24)28)19-23-10-7-9-21-8-3-4-11-26(21)23/h3-18,20H,2,19H2,1H3,(H,31,33)/b30-18+. The number of fused-ring (bicyclic) bond motifs is 2. The summed E-state index contributed by atoms with van der Waals surface area (Å²) in [5.74, 6) is 0.473. The number of benzene rings is 4. The van der Waals surface area contributed by atoms with E-state index >= 15 is 0 Å². The molecule has 168 valence electrons. The molecule has 0 saturated heterocycles. The smallest absolute Gasteiger partial charge is 0.271 e. The quantitative estimate of drug-likeness (QED) is 0.246. The highest BCUT2D eigenvalue weighted by Crippen LogP contribution is 2.24. The summed E-state index contributed by atoms with van der Waals surface area (Å²) in [5, 5.41) is 7.80. The van der Waals surface area contributed by atoms with Gasteiger partial charge in [-0.1, -0.05) is 60.7 Å². The molecule has 0 radical (unpaired) electrons. The summed E-state index contributed by atoms with van der Waals surface area (Å²) in [6.45, 7) is 3.26. The van der Waals surface area contributed by atoms with Crippen LogP contribution in [0.25, 0.3) is 21.7 Å². The fraction of sp³-hybridized carbons (Fsp3) is 0.103. The predicted molar refractivity (Wildman–Crippen MR) is 138 cm³/mol. The molecule has 0 aliphatic heterocycles. The number of carbonyl (C=O) groups is 1. The Labute approximate surface area is 198 Å². The minimum absolute atomic E-state index is 0.265. The first-order valence-electron chi connectivity index (χ1n) is 11.3. The Bertz CT molecular complexity index is 1480. The number of hydrazone groups is 1. The zero-order valence-electron chi connectivity index (χ0n) is 18.9. The van der Waals surface area contributed by atoms with E-state index < -0.39 is 0 Å². The molecule has 1 aromatic heterocycles. The van der Waals surface area contributed by atoms with Gasteiger partial charge in [-0.2, -0.15) is 5.10 Å². The first-order chi connectivity index (χ1) is 16.7. The van der Waals surface area contributed by atoms with E-state index in [0.717, 1.165) is 28.8 Å². The Morgan fingerprint density at radius 1 is 0.912 bits per heavy atom. The Kier molecular flexibility index (Phi) is 6.08. The lowest BCUT2D eigenvalue weighted by atomic mass is 10.0. The topological polar surface area (TPSA) is 55.6 Å². The second-order valence-electron chi connectivity index (χ2n) is 8.02. The third-order valence-corrected chi connectivity index (χ3v) is 5.84. The van der Waals surface area contributed by atoms with E-state index in [0.29, 0.717) is 12.2 Å². The number of nitrogens with zero attached hydrogens (tertiary/aromatic N) is 2. The first kappa shape index (κ1) is 21.5. The highest BCUT2D eigenvalue weighted by Gasteiger charge is 2.09. The number of nitrogens with one attached hydrogen (secondary N) is 1. The van der Waals surface area contributed by atoms with Crippen molar-refractivity contribution in [3.8, 4) is 5.75 Å². The van der Waals surface area contributed by atoms with E-state index in [1.54, 1.807) is 30.5 Å². The highest BCUT2D eigenvalue weighted by molar-refractivity contribution is 6.00. The molecule has 5 heteroatoms. The summed E-state index contributed by atoms with van der Waals surface area (Å²) >= 11 is 0. The molecule has 4 aromatic carbocycles. The zero-order valence-corrected chi connectivity index (χ0v) is 18.9. The molecule has 1 N–H and O–H groups in total. The van der Waals surface area contributed by atoms with Crippen molar-refractivity contribution in [2.24, 2.45) is 5.10 Å². The van der Waals surface area contributed by atoms with E-state index in [-0.39, 0.29) is 5.91 Å². The minimum Gasteiger partial charge on any atom is -0.494 e. The molecular formula is C29H25N3O2. The summed E-state index contributed by atoms with van der Waals surface area (Å²) in [7, 11) is 0. The number of hydrogen-bond acceptors (Lipinski definition) is 3. The predicted octanol–water partition coefficient (Wildman–Crippen LogP) is 6.01. The van der Waals surface area contributed by atoms with Crippen LogP contribution in [0.15, 0.2) is 102 Å². The molecule has 0 saturated carbocycles. The summed E-state index contributed by atoms with van der Waals surface area (Å²) in [5.41, 5.74) is 6.48. The molecule has 1 heterocycles. The van der Waals surface area contributed by atoms with Crippen molar-refractivity contribution in [3.63, 3.8) is 0 Å². The van der Waals surface area contributed by atoms with Crippen molar-refractivity contribution in [2.75, 3.05) is 6.61 Å². The van der Waals surface area contributed by atoms with Crippen molar-refractivity contribution in [3.05, 3.63) is 114 Å².